The van der Waals surface area contributed by atoms with Crippen molar-refractivity contribution in [1.82, 2.24) is 9.88 Å². The zero-order valence-electron chi connectivity index (χ0n) is 22.2. The number of nitriles is 1. The molecule has 0 atom stereocenters. The van der Waals surface area contributed by atoms with Crippen molar-refractivity contribution in [2.24, 2.45) is 5.73 Å². The molecule has 1 amide bonds. The molecule has 1 fully saturated rings. The molecule has 3 aromatic carbocycles. The van der Waals surface area contributed by atoms with Crippen LogP contribution in [-0.4, -0.2) is 42.0 Å². The third kappa shape index (κ3) is 5.56. The predicted octanol–water partition coefficient (Wildman–Crippen LogP) is 5.69. The summed E-state index contributed by atoms with van der Waals surface area (Å²) >= 11 is 0. The van der Waals surface area contributed by atoms with Gasteiger partial charge >= 0.3 is 0 Å². The number of carbonyl (C=O) groups excluding carboxylic acids is 1. The van der Waals surface area contributed by atoms with Gasteiger partial charge in [-0.1, -0.05) is 24.3 Å². The lowest BCUT2D eigenvalue weighted by molar-refractivity contribution is 0.100. The number of nitrogens with two attached hydrogens (primary N) is 1. The minimum atomic E-state index is -0.534. The smallest absolute Gasteiger partial charge is 0.249 e. The van der Waals surface area contributed by atoms with Crippen LogP contribution in [0.2, 0.25) is 0 Å². The number of primary amides is 1. The fourth-order valence-electron chi connectivity index (χ4n) is 5.28. The third-order valence-electron chi connectivity index (χ3n) is 7.37. The number of amides is 1. The highest BCUT2D eigenvalue weighted by Gasteiger charge is 2.21. The fourth-order valence-corrected chi connectivity index (χ4v) is 5.28. The van der Waals surface area contributed by atoms with Crippen LogP contribution in [0.25, 0.3) is 22.3 Å². The Balaban J connectivity index is 1.41. The standard InChI is InChI=1S/C32H29F2N5O/c1-21-6-12-25(32(36)40)31(30(21)23-9-7-22(18-35)8-10-23)24-11-13-29(37-19-24)39-15-3-14-38(16-17-39)20-26-27(33)4-2-5-28(26)34/h2,4-13,19H,3,14-17,20H2,1H3,(H2,36,40). The maximum Gasteiger partial charge on any atom is 0.249 e. The molecule has 0 saturated carbocycles. The Hall–Kier alpha value is -4.61. The van der Waals surface area contributed by atoms with Gasteiger partial charge in [0, 0.05) is 61.2 Å². The predicted molar refractivity (Wildman–Crippen MR) is 152 cm³/mol. The van der Waals surface area contributed by atoms with Crippen LogP contribution in [0, 0.1) is 29.9 Å². The van der Waals surface area contributed by atoms with E-state index in [-0.39, 0.29) is 12.1 Å². The fraction of sp³-hybridized carbons (Fsp3) is 0.219. The summed E-state index contributed by atoms with van der Waals surface area (Å²) in [6, 6.07) is 20.8. The van der Waals surface area contributed by atoms with Gasteiger partial charge in [-0.05, 0) is 72.5 Å². The van der Waals surface area contributed by atoms with E-state index in [1.54, 1.807) is 24.4 Å². The molecule has 4 aromatic rings. The molecular weight excluding hydrogens is 508 g/mol. The first-order valence-corrected chi connectivity index (χ1v) is 13.2. The van der Waals surface area contributed by atoms with Gasteiger partial charge in [0.25, 0.3) is 0 Å². The van der Waals surface area contributed by atoms with Gasteiger partial charge in [-0.3, -0.25) is 9.69 Å². The summed E-state index contributed by atoms with van der Waals surface area (Å²) in [5.41, 5.74) is 11.0. The van der Waals surface area contributed by atoms with Crippen LogP contribution in [-0.2, 0) is 6.54 Å². The van der Waals surface area contributed by atoms with Gasteiger partial charge in [0.2, 0.25) is 5.91 Å². The number of halogens is 2. The highest BCUT2D eigenvalue weighted by molar-refractivity contribution is 6.04. The number of nitrogens with zero attached hydrogens (tertiary/aromatic N) is 4. The molecular formula is C32H29F2N5O. The second-order valence-electron chi connectivity index (χ2n) is 9.96. The lowest BCUT2D eigenvalue weighted by Crippen LogP contribution is -2.31. The summed E-state index contributed by atoms with van der Waals surface area (Å²) in [5, 5.41) is 9.20. The molecule has 0 spiro atoms. The highest BCUT2D eigenvalue weighted by atomic mass is 19.1. The van der Waals surface area contributed by atoms with E-state index in [2.05, 4.69) is 15.9 Å². The molecule has 0 bridgehead atoms. The van der Waals surface area contributed by atoms with E-state index in [9.17, 15) is 18.8 Å². The van der Waals surface area contributed by atoms with Crippen molar-refractivity contribution < 1.29 is 13.6 Å². The molecule has 1 aliphatic heterocycles. The number of anilines is 1. The van der Waals surface area contributed by atoms with Crippen molar-refractivity contribution in [1.29, 1.82) is 5.26 Å². The summed E-state index contributed by atoms with van der Waals surface area (Å²) < 4.78 is 28.3. The first-order chi connectivity index (χ1) is 19.4. The number of hydrogen-bond acceptors (Lipinski definition) is 5. The van der Waals surface area contributed by atoms with Crippen LogP contribution in [0.4, 0.5) is 14.6 Å². The Morgan fingerprint density at radius 3 is 2.30 bits per heavy atom. The number of aromatic nitrogens is 1. The van der Waals surface area contributed by atoms with Crippen molar-refractivity contribution in [3.63, 3.8) is 0 Å². The monoisotopic (exact) mass is 537 g/mol. The number of hydrogen-bond donors (Lipinski definition) is 1. The molecule has 1 saturated heterocycles. The van der Waals surface area contributed by atoms with E-state index in [0.29, 0.717) is 29.8 Å². The van der Waals surface area contributed by atoms with Crippen LogP contribution in [0.1, 0.15) is 33.5 Å². The van der Waals surface area contributed by atoms with Crippen molar-refractivity contribution in [2.45, 2.75) is 19.9 Å². The largest absolute Gasteiger partial charge is 0.366 e. The zero-order valence-corrected chi connectivity index (χ0v) is 22.2. The molecule has 6 nitrogen and oxygen atoms in total. The van der Waals surface area contributed by atoms with Crippen LogP contribution >= 0.6 is 0 Å². The summed E-state index contributed by atoms with van der Waals surface area (Å²) in [6.45, 7) is 4.98. The number of benzene rings is 3. The van der Waals surface area contributed by atoms with Crippen molar-refractivity contribution in [3.8, 4) is 28.3 Å². The molecule has 40 heavy (non-hydrogen) atoms. The summed E-state index contributed by atoms with van der Waals surface area (Å²) in [7, 11) is 0. The second kappa shape index (κ2) is 11.6. The first-order valence-electron chi connectivity index (χ1n) is 13.2. The van der Waals surface area contributed by atoms with E-state index in [1.165, 1.54) is 18.2 Å². The molecule has 8 heteroatoms. The van der Waals surface area contributed by atoms with Gasteiger partial charge in [-0.15, -0.1) is 0 Å². The van der Waals surface area contributed by atoms with Gasteiger partial charge in [0.15, 0.2) is 0 Å². The van der Waals surface area contributed by atoms with Crippen molar-refractivity contribution in [2.75, 3.05) is 31.1 Å². The van der Waals surface area contributed by atoms with Gasteiger partial charge in [0.05, 0.1) is 11.6 Å². The van der Waals surface area contributed by atoms with Crippen LogP contribution in [0.15, 0.2) is 72.9 Å². The minimum absolute atomic E-state index is 0.0971. The van der Waals surface area contributed by atoms with Crippen molar-refractivity contribution >= 4 is 11.7 Å². The van der Waals surface area contributed by atoms with E-state index in [1.807, 2.05) is 37.3 Å². The van der Waals surface area contributed by atoms with E-state index in [0.717, 1.165) is 47.6 Å². The zero-order chi connectivity index (χ0) is 28.2. The molecule has 2 heterocycles. The molecule has 5 rings (SSSR count). The Bertz CT molecular complexity index is 1560. The maximum atomic E-state index is 14.2. The SMILES string of the molecule is Cc1ccc(C(N)=O)c(-c2ccc(N3CCCN(Cc4c(F)cccc4F)CC3)nc2)c1-c1ccc(C#N)cc1. The minimum Gasteiger partial charge on any atom is -0.366 e. The highest BCUT2D eigenvalue weighted by Crippen LogP contribution is 2.38. The van der Waals surface area contributed by atoms with Gasteiger partial charge in [-0.25, -0.2) is 13.8 Å². The molecule has 0 aliphatic carbocycles. The van der Waals surface area contributed by atoms with Gasteiger partial charge < -0.3 is 10.6 Å². The van der Waals surface area contributed by atoms with Crippen LogP contribution in [0.3, 0.4) is 0 Å². The number of pyridine rings is 1. The third-order valence-corrected chi connectivity index (χ3v) is 7.37. The van der Waals surface area contributed by atoms with E-state index >= 15 is 0 Å². The lowest BCUT2D eigenvalue weighted by atomic mass is 9.87. The van der Waals surface area contributed by atoms with E-state index in [4.69, 9.17) is 10.7 Å². The molecule has 1 aromatic heterocycles. The quantitative estimate of drug-likeness (QED) is 0.342. The Morgan fingerprint density at radius 1 is 0.925 bits per heavy atom. The second-order valence-corrected chi connectivity index (χ2v) is 9.96. The maximum absolute atomic E-state index is 14.2. The number of aryl methyl sites for hydroxylation is 1. The molecule has 1 aliphatic rings. The normalized spacial score (nSPS) is 14.0. The first kappa shape index (κ1) is 27.0. The van der Waals surface area contributed by atoms with Gasteiger partial charge in [0.1, 0.15) is 17.5 Å². The average Bonchev–Trinajstić information content (AvgIpc) is 3.20. The summed E-state index contributed by atoms with van der Waals surface area (Å²) in [4.78, 5) is 21.4. The number of carbonyl (C=O) groups is 1. The Labute approximate surface area is 232 Å². The molecule has 202 valence electrons. The molecule has 0 radical (unpaired) electrons. The lowest BCUT2D eigenvalue weighted by Gasteiger charge is -2.23. The van der Waals surface area contributed by atoms with Gasteiger partial charge in [-0.2, -0.15) is 5.26 Å². The average molecular weight is 538 g/mol. The molecule has 0 unspecified atom stereocenters. The Kier molecular flexibility index (Phi) is 7.85. The van der Waals surface area contributed by atoms with E-state index < -0.39 is 17.5 Å². The van der Waals surface area contributed by atoms with Crippen LogP contribution in [0.5, 0.6) is 0 Å². The molecule has 2 N–H and O–H groups in total. The Morgan fingerprint density at radius 2 is 1.65 bits per heavy atom. The summed E-state index contributed by atoms with van der Waals surface area (Å²) in [6.07, 6.45) is 2.58. The summed E-state index contributed by atoms with van der Waals surface area (Å²) in [5.74, 6) is -0.792. The topological polar surface area (TPSA) is 86.2 Å². The van der Waals surface area contributed by atoms with Crippen molar-refractivity contribution in [3.05, 3.63) is 107 Å². The number of rotatable bonds is 6. The van der Waals surface area contributed by atoms with Crippen LogP contribution < -0.4 is 10.6 Å².